The van der Waals surface area contributed by atoms with Crippen LogP contribution in [-0.2, 0) is 4.74 Å². The molecule has 1 aliphatic heterocycles. The molecule has 5 nitrogen and oxygen atoms in total. The van der Waals surface area contributed by atoms with E-state index in [2.05, 4.69) is 25.8 Å². The number of rotatable bonds is 5. The van der Waals surface area contributed by atoms with Gasteiger partial charge in [-0.2, -0.15) is 0 Å². The second kappa shape index (κ2) is 8.42. The molecule has 1 aliphatic rings. The van der Waals surface area contributed by atoms with Gasteiger partial charge in [-0.25, -0.2) is 0 Å². The fourth-order valence-corrected chi connectivity index (χ4v) is 4.39. The molecule has 0 saturated carbocycles. The zero-order chi connectivity index (χ0) is 18.6. The van der Waals surface area contributed by atoms with E-state index >= 15 is 0 Å². The summed E-state index contributed by atoms with van der Waals surface area (Å²) in [6, 6.07) is 9.80. The molecule has 0 N–H and O–H groups in total. The number of aromatic nitrogens is 4. The van der Waals surface area contributed by atoms with E-state index in [0.29, 0.717) is 0 Å². The Hall–Kier alpha value is -1.89. The molecule has 1 atom stereocenters. The second-order valence-corrected chi connectivity index (χ2v) is 7.96. The predicted octanol–water partition coefficient (Wildman–Crippen LogP) is 4.95. The van der Waals surface area contributed by atoms with Crippen LogP contribution in [0.2, 0.25) is 5.02 Å². The fourth-order valence-electron chi connectivity index (χ4n) is 3.21. The normalized spacial score (nSPS) is 17.2. The van der Waals surface area contributed by atoms with Crippen LogP contribution in [0.25, 0.3) is 17.1 Å². The van der Waals surface area contributed by atoms with Crippen molar-refractivity contribution >= 4 is 23.4 Å². The molecule has 0 aliphatic carbocycles. The van der Waals surface area contributed by atoms with Crippen LogP contribution in [0.3, 0.4) is 0 Å². The van der Waals surface area contributed by atoms with Crippen molar-refractivity contribution in [2.45, 2.75) is 37.4 Å². The highest BCUT2D eigenvalue weighted by Crippen LogP contribution is 2.32. The summed E-state index contributed by atoms with van der Waals surface area (Å²) < 4.78 is 7.96. The van der Waals surface area contributed by atoms with Gasteiger partial charge in [0.1, 0.15) is 0 Å². The van der Waals surface area contributed by atoms with Crippen molar-refractivity contribution in [3.63, 3.8) is 0 Å². The summed E-state index contributed by atoms with van der Waals surface area (Å²) >= 11 is 8.07. The maximum absolute atomic E-state index is 6.39. The molecule has 7 heteroatoms. The third kappa shape index (κ3) is 4.03. The van der Waals surface area contributed by atoms with Crippen LogP contribution in [0, 0.1) is 6.92 Å². The molecule has 140 valence electrons. The van der Waals surface area contributed by atoms with E-state index in [1.807, 2.05) is 31.2 Å². The standard InChI is InChI=1S/C20H21ClN4OS/c1-14-17(21)6-4-7-18(14)25-19(15-8-10-22-11-9-15)23-24-20(25)27-13-16-5-2-3-12-26-16/h4,6-11,16H,2-3,5,12-13H2,1H3/t16-/m1/s1. The van der Waals surface area contributed by atoms with Crippen molar-refractivity contribution in [2.75, 3.05) is 12.4 Å². The number of pyridine rings is 1. The minimum Gasteiger partial charge on any atom is -0.377 e. The average Bonchev–Trinajstić information content (AvgIpc) is 3.14. The van der Waals surface area contributed by atoms with Crippen molar-refractivity contribution in [3.8, 4) is 17.1 Å². The van der Waals surface area contributed by atoms with Crippen LogP contribution in [0.15, 0.2) is 47.9 Å². The molecule has 0 amide bonds. The minimum absolute atomic E-state index is 0.277. The van der Waals surface area contributed by atoms with E-state index < -0.39 is 0 Å². The molecule has 0 radical (unpaired) electrons. The van der Waals surface area contributed by atoms with Crippen LogP contribution >= 0.6 is 23.4 Å². The number of hydrogen-bond acceptors (Lipinski definition) is 5. The maximum Gasteiger partial charge on any atom is 0.196 e. The Kier molecular flexibility index (Phi) is 5.76. The Labute approximate surface area is 168 Å². The van der Waals surface area contributed by atoms with E-state index in [1.165, 1.54) is 6.42 Å². The summed E-state index contributed by atoms with van der Waals surface area (Å²) in [5.74, 6) is 1.66. The van der Waals surface area contributed by atoms with Crippen molar-refractivity contribution in [1.82, 2.24) is 19.7 Å². The van der Waals surface area contributed by atoms with Gasteiger partial charge in [-0.1, -0.05) is 29.4 Å². The SMILES string of the molecule is Cc1c(Cl)cccc1-n1c(SC[C@H]2CCCCO2)nnc1-c1ccncc1. The van der Waals surface area contributed by atoms with Gasteiger partial charge < -0.3 is 4.74 Å². The lowest BCUT2D eigenvalue weighted by Crippen LogP contribution is -2.21. The van der Waals surface area contributed by atoms with E-state index in [4.69, 9.17) is 16.3 Å². The fraction of sp³-hybridized carbons (Fsp3) is 0.350. The van der Waals surface area contributed by atoms with Gasteiger partial charge in [0, 0.05) is 35.3 Å². The molecule has 1 aromatic carbocycles. The molecule has 27 heavy (non-hydrogen) atoms. The number of hydrogen-bond donors (Lipinski definition) is 0. The van der Waals surface area contributed by atoms with Crippen LogP contribution in [0.5, 0.6) is 0 Å². The summed E-state index contributed by atoms with van der Waals surface area (Å²) in [6.07, 6.45) is 7.30. The van der Waals surface area contributed by atoms with Crippen molar-refractivity contribution < 1.29 is 4.74 Å². The smallest absolute Gasteiger partial charge is 0.196 e. The largest absolute Gasteiger partial charge is 0.377 e. The van der Waals surface area contributed by atoms with Gasteiger partial charge in [0.05, 0.1) is 11.8 Å². The first kappa shape index (κ1) is 18.5. The quantitative estimate of drug-likeness (QED) is 0.567. The number of thioether (sulfide) groups is 1. The molecule has 0 unspecified atom stereocenters. The Balaban J connectivity index is 1.73. The molecule has 3 aromatic rings. The highest BCUT2D eigenvalue weighted by Gasteiger charge is 2.21. The van der Waals surface area contributed by atoms with E-state index in [-0.39, 0.29) is 6.10 Å². The van der Waals surface area contributed by atoms with E-state index in [9.17, 15) is 0 Å². The van der Waals surface area contributed by atoms with Crippen LogP contribution in [0.1, 0.15) is 24.8 Å². The van der Waals surface area contributed by atoms with Gasteiger partial charge in [0.2, 0.25) is 0 Å². The third-order valence-electron chi connectivity index (χ3n) is 4.72. The molecule has 0 bridgehead atoms. The first-order valence-electron chi connectivity index (χ1n) is 9.10. The zero-order valence-electron chi connectivity index (χ0n) is 15.1. The van der Waals surface area contributed by atoms with Crippen LogP contribution < -0.4 is 0 Å². The molecular formula is C20H21ClN4OS. The number of halogens is 1. The Morgan fingerprint density at radius 1 is 1.19 bits per heavy atom. The van der Waals surface area contributed by atoms with Crippen LogP contribution in [0.4, 0.5) is 0 Å². The summed E-state index contributed by atoms with van der Waals surface area (Å²) in [5.41, 5.74) is 2.97. The Morgan fingerprint density at radius 3 is 2.81 bits per heavy atom. The molecule has 3 heterocycles. The molecule has 1 fully saturated rings. The van der Waals surface area contributed by atoms with Gasteiger partial charge in [-0.3, -0.25) is 9.55 Å². The summed E-state index contributed by atoms with van der Waals surface area (Å²) in [7, 11) is 0. The van der Waals surface area contributed by atoms with Crippen molar-refractivity contribution in [3.05, 3.63) is 53.3 Å². The maximum atomic E-state index is 6.39. The van der Waals surface area contributed by atoms with Gasteiger partial charge in [0.25, 0.3) is 0 Å². The van der Waals surface area contributed by atoms with Gasteiger partial charge in [-0.15, -0.1) is 10.2 Å². The van der Waals surface area contributed by atoms with E-state index in [0.717, 1.165) is 58.0 Å². The van der Waals surface area contributed by atoms with Gasteiger partial charge in [0.15, 0.2) is 11.0 Å². The summed E-state index contributed by atoms with van der Waals surface area (Å²) in [5, 5.41) is 10.5. The van der Waals surface area contributed by atoms with Gasteiger partial charge in [-0.05, 0) is 56.0 Å². The molecule has 1 saturated heterocycles. The molecule has 4 rings (SSSR count). The molecular weight excluding hydrogens is 380 g/mol. The lowest BCUT2D eigenvalue weighted by Gasteiger charge is -2.22. The highest BCUT2D eigenvalue weighted by molar-refractivity contribution is 7.99. The summed E-state index contributed by atoms with van der Waals surface area (Å²) in [6.45, 7) is 2.88. The lowest BCUT2D eigenvalue weighted by atomic mass is 10.1. The van der Waals surface area contributed by atoms with Crippen molar-refractivity contribution in [2.24, 2.45) is 0 Å². The molecule has 2 aromatic heterocycles. The first-order valence-corrected chi connectivity index (χ1v) is 10.5. The monoisotopic (exact) mass is 400 g/mol. The van der Waals surface area contributed by atoms with Crippen LogP contribution in [-0.4, -0.2) is 38.2 Å². The predicted molar refractivity (Wildman–Crippen MR) is 109 cm³/mol. The Bertz CT molecular complexity index is 910. The number of benzene rings is 1. The number of ether oxygens (including phenoxy) is 1. The second-order valence-electron chi connectivity index (χ2n) is 6.56. The molecule has 0 spiro atoms. The van der Waals surface area contributed by atoms with Gasteiger partial charge >= 0.3 is 0 Å². The van der Waals surface area contributed by atoms with E-state index in [1.54, 1.807) is 24.2 Å². The summed E-state index contributed by atoms with van der Waals surface area (Å²) in [4.78, 5) is 4.11. The number of nitrogens with zero attached hydrogens (tertiary/aromatic N) is 4. The minimum atomic E-state index is 0.277. The topological polar surface area (TPSA) is 52.8 Å². The average molecular weight is 401 g/mol. The first-order chi connectivity index (χ1) is 13.2. The van der Waals surface area contributed by atoms with Crippen molar-refractivity contribution in [1.29, 1.82) is 0 Å². The highest BCUT2D eigenvalue weighted by atomic mass is 35.5. The third-order valence-corrected chi connectivity index (χ3v) is 6.19. The Morgan fingerprint density at radius 2 is 2.04 bits per heavy atom. The zero-order valence-corrected chi connectivity index (χ0v) is 16.7. The lowest BCUT2D eigenvalue weighted by molar-refractivity contribution is 0.0315.